The second-order valence-corrected chi connectivity index (χ2v) is 3.55. The Bertz CT molecular complexity index is 209. The van der Waals surface area contributed by atoms with E-state index in [1.807, 2.05) is 33.8 Å². The van der Waals surface area contributed by atoms with Crippen molar-refractivity contribution >= 4 is 6.09 Å². The Labute approximate surface area is 86.7 Å². The van der Waals surface area contributed by atoms with Gasteiger partial charge in [0.1, 0.15) is 5.76 Å². The molecule has 82 valence electrons. The van der Waals surface area contributed by atoms with E-state index in [0.717, 1.165) is 12.2 Å². The molecule has 0 saturated carbocycles. The molecule has 0 aliphatic carbocycles. The van der Waals surface area contributed by atoms with Gasteiger partial charge in [-0.2, -0.15) is 0 Å². The molecule has 0 rings (SSSR count). The summed E-state index contributed by atoms with van der Waals surface area (Å²) in [5.41, 5.74) is 0. The van der Waals surface area contributed by atoms with Gasteiger partial charge in [-0.3, -0.25) is 0 Å². The molecule has 0 unspecified atom stereocenters. The fourth-order valence-corrected chi connectivity index (χ4v) is 0.904. The lowest BCUT2D eigenvalue weighted by molar-refractivity contribution is 0.132. The zero-order valence-corrected chi connectivity index (χ0v) is 9.83. The Morgan fingerprint density at radius 3 is 2.36 bits per heavy atom. The van der Waals surface area contributed by atoms with E-state index in [0.29, 0.717) is 6.54 Å². The molecule has 0 heterocycles. The van der Waals surface area contributed by atoms with Crippen molar-refractivity contribution in [3.63, 3.8) is 0 Å². The van der Waals surface area contributed by atoms with Crippen LogP contribution in [0, 0.1) is 5.92 Å². The molecule has 1 amide bonds. The zero-order valence-electron chi connectivity index (χ0n) is 9.83. The van der Waals surface area contributed by atoms with Crippen molar-refractivity contribution < 1.29 is 9.53 Å². The van der Waals surface area contributed by atoms with Crippen LogP contribution in [0.3, 0.4) is 0 Å². The van der Waals surface area contributed by atoms with Crippen LogP contribution in [-0.4, -0.2) is 24.6 Å². The number of hydrogen-bond donors (Lipinski definition) is 0. The summed E-state index contributed by atoms with van der Waals surface area (Å²) in [6, 6.07) is 0. The van der Waals surface area contributed by atoms with Gasteiger partial charge in [-0.05, 0) is 19.4 Å². The van der Waals surface area contributed by atoms with Crippen LogP contribution in [0.1, 0.15) is 34.1 Å². The van der Waals surface area contributed by atoms with Crippen LogP contribution in [0.5, 0.6) is 0 Å². The first-order valence-corrected chi connectivity index (χ1v) is 5.15. The molecular formula is C11H21NO2. The smallest absolute Gasteiger partial charge is 0.414 e. The second kappa shape index (κ2) is 6.46. The van der Waals surface area contributed by atoms with Gasteiger partial charge < -0.3 is 9.64 Å². The highest BCUT2D eigenvalue weighted by atomic mass is 16.6. The van der Waals surface area contributed by atoms with Crippen molar-refractivity contribution in [1.82, 2.24) is 4.90 Å². The highest BCUT2D eigenvalue weighted by molar-refractivity contribution is 5.68. The molecule has 0 aromatic rings. The fourth-order valence-electron chi connectivity index (χ4n) is 0.904. The summed E-state index contributed by atoms with van der Waals surface area (Å²) in [5, 5.41) is 0. The lowest BCUT2D eigenvalue weighted by atomic mass is 10.1. The van der Waals surface area contributed by atoms with Crippen LogP contribution >= 0.6 is 0 Å². The van der Waals surface area contributed by atoms with Crippen LogP contribution in [0.25, 0.3) is 0 Å². The molecule has 14 heavy (non-hydrogen) atoms. The molecule has 0 bridgehead atoms. The molecular weight excluding hydrogens is 178 g/mol. The number of allylic oxidation sites excluding steroid dienone is 2. The summed E-state index contributed by atoms with van der Waals surface area (Å²) in [4.78, 5) is 13.0. The van der Waals surface area contributed by atoms with Crippen molar-refractivity contribution in [3.8, 4) is 0 Å². The van der Waals surface area contributed by atoms with Crippen LogP contribution in [0.4, 0.5) is 4.79 Å². The van der Waals surface area contributed by atoms with Crippen LogP contribution in [0.15, 0.2) is 11.8 Å². The van der Waals surface area contributed by atoms with Gasteiger partial charge in [0.15, 0.2) is 0 Å². The highest BCUT2D eigenvalue weighted by Gasteiger charge is 2.12. The van der Waals surface area contributed by atoms with E-state index in [1.165, 1.54) is 0 Å². The van der Waals surface area contributed by atoms with Crippen molar-refractivity contribution in [1.29, 1.82) is 0 Å². The number of hydrogen-bond acceptors (Lipinski definition) is 2. The maximum Gasteiger partial charge on any atom is 0.414 e. The van der Waals surface area contributed by atoms with E-state index in [-0.39, 0.29) is 12.0 Å². The average molecular weight is 199 g/mol. The predicted octanol–water partition coefficient (Wildman–Crippen LogP) is 3.02. The molecule has 0 spiro atoms. The first-order valence-electron chi connectivity index (χ1n) is 5.15. The molecule has 0 fully saturated rings. The van der Waals surface area contributed by atoms with E-state index in [1.54, 1.807) is 11.9 Å². The van der Waals surface area contributed by atoms with E-state index in [9.17, 15) is 4.79 Å². The highest BCUT2D eigenvalue weighted by Crippen LogP contribution is 2.13. The largest absolute Gasteiger partial charge is 0.415 e. The maximum absolute atomic E-state index is 11.4. The summed E-state index contributed by atoms with van der Waals surface area (Å²) in [6.07, 6.45) is 2.56. The predicted molar refractivity (Wildman–Crippen MR) is 58.0 cm³/mol. The maximum atomic E-state index is 11.4. The third-order valence-electron chi connectivity index (χ3n) is 1.97. The summed E-state index contributed by atoms with van der Waals surface area (Å²) < 4.78 is 5.25. The monoisotopic (exact) mass is 199 g/mol. The van der Waals surface area contributed by atoms with Crippen molar-refractivity contribution in [2.45, 2.75) is 34.1 Å². The van der Waals surface area contributed by atoms with Gasteiger partial charge in [0.25, 0.3) is 0 Å². The van der Waals surface area contributed by atoms with Gasteiger partial charge >= 0.3 is 6.09 Å². The first kappa shape index (κ1) is 13.0. The van der Waals surface area contributed by atoms with Gasteiger partial charge in [-0.15, -0.1) is 0 Å². The lowest BCUT2D eigenvalue weighted by Gasteiger charge is -2.17. The van der Waals surface area contributed by atoms with Crippen LogP contribution in [0.2, 0.25) is 0 Å². The Balaban J connectivity index is 4.31. The summed E-state index contributed by atoms with van der Waals surface area (Å²) in [5.74, 6) is 1.02. The Morgan fingerprint density at radius 2 is 2.00 bits per heavy atom. The Morgan fingerprint density at radius 1 is 1.43 bits per heavy atom. The fraction of sp³-hybridized carbons (Fsp3) is 0.727. The minimum atomic E-state index is -0.277. The quantitative estimate of drug-likeness (QED) is 0.651. The third kappa shape index (κ3) is 4.30. The van der Waals surface area contributed by atoms with Crippen LogP contribution in [-0.2, 0) is 4.74 Å². The van der Waals surface area contributed by atoms with Crippen molar-refractivity contribution in [3.05, 3.63) is 11.8 Å². The molecule has 0 aliphatic rings. The van der Waals surface area contributed by atoms with Crippen molar-refractivity contribution in [2.75, 3.05) is 13.6 Å². The normalized spacial score (nSPS) is 11.7. The van der Waals surface area contributed by atoms with E-state index < -0.39 is 0 Å². The number of rotatable bonds is 4. The van der Waals surface area contributed by atoms with E-state index in [4.69, 9.17) is 4.74 Å². The van der Waals surface area contributed by atoms with E-state index in [2.05, 4.69) is 0 Å². The van der Waals surface area contributed by atoms with Gasteiger partial charge in [0.05, 0.1) is 0 Å². The third-order valence-corrected chi connectivity index (χ3v) is 1.97. The minimum Gasteiger partial charge on any atom is -0.415 e. The molecule has 3 nitrogen and oxygen atoms in total. The molecule has 0 atom stereocenters. The molecule has 0 aromatic heterocycles. The van der Waals surface area contributed by atoms with E-state index >= 15 is 0 Å². The van der Waals surface area contributed by atoms with Gasteiger partial charge in [0, 0.05) is 19.5 Å². The first-order chi connectivity index (χ1) is 6.52. The molecule has 0 radical (unpaired) electrons. The average Bonchev–Trinajstić information content (AvgIpc) is 2.15. The molecule has 0 aromatic carbocycles. The summed E-state index contributed by atoms with van der Waals surface area (Å²) in [6.45, 7) is 8.64. The lowest BCUT2D eigenvalue weighted by Crippen LogP contribution is -2.27. The molecule has 0 aliphatic heterocycles. The standard InChI is InChI=1S/C11H21NO2/c1-6-8-10(9(3)4)14-11(13)12(5)7-2/h8-9H,6-7H2,1-5H3/b10-8+. The number of amides is 1. The van der Waals surface area contributed by atoms with Crippen LogP contribution < -0.4 is 0 Å². The number of ether oxygens (including phenoxy) is 1. The SMILES string of the molecule is CC/C=C(/OC(=O)N(C)CC)C(C)C. The minimum absolute atomic E-state index is 0.254. The summed E-state index contributed by atoms with van der Waals surface area (Å²) in [7, 11) is 1.73. The van der Waals surface area contributed by atoms with Crippen molar-refractivity contribution in [2.24, 2.45) is 5.92 Å². The Hall–Kier alpha value is -0.990. The zero-order chi connectivity index (χ0) is 11.1. The number of carbonyl (C=O) groups excluding carboxylic acids is 1. The molecule has 3 heteroatoms. The van der Waals surface area contributed by atoms with Gasteiger partial charge in [0.2, 0.25) is 0 Å². The Kier molecular flexibility index (Phi) is 6.00. The van der Waals surface area contributed by atoms with Gasteiger partial charge in [-0.25, -0.2) is 4.79 Å². The molecule has 0 saturated heterocycles. The summed E-state index contributed by atoms with van der Waals surface area (Å²) >= 11 is 0. The van der Waals surface area contributed by atoms with Gasteiger partial charge in [-0.1, -0.05) is 20.8 Å². The topological polar surface area (TPSA) is 29.5 Å². The number of carbonyl (C=O) groups is 1. The number of nitrogens with zero attached hydrogens (tertiary/aromatic N) is 1. The second-order valence-electron chi connectivity index (χ2n) is 3.55. The molecule has 0 N–H and O–H groups in total.